The van der Waals surface area contributed by atoms with Crippen molar-refractivity contribution in [2.24, 2.45) is 0 Å². The van der Waals surface area contributed by atoms with Gasteiger partial charge in [0.2, 0.25) is 0 Å². The SMILES string of the molecule is Cc1nc(CCl)c2n1CCCC2. The van der Waals surface area contributed by atoms with Gasteiger partial charge in [0.05, 0.1) is 11.6 Å². The fourth-order valence-corrected chi connectivity index (χ4v) is 2.13. The lowest BCUT2D eigenvalue weighted by atomic mass is 10.1. The highest BCUT2D eigenvalue weighted by atomic mass is 35.5. The molecule has 1 aliphatic rings. The molecule has 0 saturated heterocycles. The summed E-state index contributed by atoms with van der Waals surface area (Å²) in [6, 6.07) is 0. The Morgan fingerprint density at radius 3 is 3.08 bits per heavy atom. The van der Waals surface area contributed by atoms with Crippen LogP contribution in [0.25, 0.3) is 0 Å². The molecule has 1 aliphatic heterocycles. The number of halogens is 1. The first-order valence-electron chi connectivity index (χ1n) is 4.44. The van der Waals surface area contributed by atoms with Crippen molar-refractivity contribution in [3.63, 3.8) is 0 Å². The minimum atomic E-state index is 0.559. The number of hydrogen-bond donors (Lipinski definition) is 0. The van der Waals surface area contributed by atoms with E-state index in [1.165, 1.54) is 18.5 Å². The third-order valence-electron chi connectivity index (χ3n) is 2.52. The van der Waals surface area contributed by atoms with Crippen molar-refractivity contribution in [2.45, 2.75) is 38.6 Å². The van der Waals surface area contributed by atoms with E-state index in [-0.39, 0.29) is 0 Å². The van der Waals surface area contributed by atoms with Crippen LogP contribution in [0, 0.1) is 6.92 Å². The van der Waals surface area contributed by atoms with Crippen LogP contribution in [-0.4, -0.2) is 9.55 Å². The summed E-state index contributed by atoms with van der Waals surface area (Å²) in [6.07, 6.45) is 3.73. The van der Waals surface area contributed by atoms with Gasteiger partial charge in [0.1, 0.15) is 5.82 Å². The molecule has 0 atom stereocenters. The molecule has 0 N–H and O–H groups in total. The van der Waals surface area contributed by atoms with Gasteiger partial charge in [0, 0.05) is 12.2 Å². The number of aromatic nitrogens is 2. The Hall–Kier alpha value is -0.500. The lowest BCUT2D eigenvalue weighted by molar-refractivity contribution is 0.520. The predicted octanol–water partition coefficient (Wildman–Crippen LogP) is 2.27. The van der Waals surface area contributed by atoms with Gasteiger partial charge in [0.15, 0.2) is 0 Å². The van der Waals surface area contributed by atoms with Crippen molar-refractivity contribution in [3.05, 3.63) is 17.2 Å². The summed E-state index contributed by atoms with van der Waals surface area (Å²) in [7, 11) is 0. The quantitative estimate of drug-likeness (QED) is 0.613. The molecule has 1 aromatic rings. The van der Waals surface area contributed by atoms with E-state index in [1.807, 2.05) is 0 Å². The highest BCUT2D eigenvalue weighted by Gasteiger charge is 2.16. The van der Waals surface area contributed by atoms with Gasteiger partial charge >= 0.3 is 0 Å². The zero-order valence-corrected chi connectivity index (χ0v) is 8.06. The number of aryl methyl sites for hydroxylation is 1. The zero-order chi connectivity index (χ0) is 8.55. The Morgan fingerprint density at radius 2 is 2.33 bits per heavy atom. The summed E-state index contributed by atoms with van der Waals surface area (Å²) >= 11 is 5.80. The zero-order valence-electron chi connectivity index (χ0n) is 7.31. The Bertz CT molecular complexity index is 291. The van der Waals surface area contributed by atoms with E-state index in [9.17, 15) is 0 Å². The van der Waals surface area contributed by atoms with Crippen LogP contribution in [0.5, 0.6) is 0 Å². The molecule has 0 fully saturated rings. The molecule has 0 bridgehead atoms. The highest BCUT2D eigenvalue weighted by molar-refractivity contribution is 6.17. The second-order valence-electron chi connectivity index (χ2n) is 3.29. The molecule has 0 aliphatic carbocycles. The van der Waals surface area contributed by atoms with Crippen molar-refractivity contribution in [1.29, 1.82) is 0 Å². The summed E-state index contributed by atoms with van der Waals surface area (Å²) < 4.78 is 2.31. The maximum Gasteiger partial charge on any atom is 0.106 e. The van der Waals surface area contributed by atoms with Crippen LogP contribution in [0.3, 0.4) is 0 Å². The normalized spacial score (nSPS) is 16.2. The van der Waals surface area contributed by atoms with Crippen LogP contribution in [0.2, 0.25) is 0 Å². The van der Waals surface area contributed by atoms with E-state index in [1.54, 1.807) is 0 Å². The summed E-state index contributed by atoms with van der Waals surface area (Å²) in [5.74, 6) is 1.68. The van der Waals surface area contributed by atoms with Crippen LogP contribution in [0.4, 0.5) is 0 Å². The molecule has 0 unspecified atom stereocenters. The largest absolute Gasteiger partial charge is 0.332 e. The standard InChI is InChI=1S/C9H13ClN2/c1-7-11-8(6-10)9-4-2-3-5-12(7)9/h2-6H2,1H3. The van der Waals surface area contributed by atoms with E-state index in [0.29, 0.717) is 5.88 Å². The smallest absolute Gasteiger partial charge is 0.106 e. The van der Waals surface area contributed by atoms with Crippen molar-refractivity contribution in [1.82, 2.24) is 9.55 Å². The first-order valence-corrected chi connectivity index (χ1v) is 4.97. The minimum absolute atomic E-state index is 0.559. The van der Waals surface area contributed by atoms with E-state index in [4.69, 9.17) is 11.6 Å². The molecule has 0 aromatic carbocycles. The molecular formula is C9H13ClN2. The first kappa shape index (κ1) is 8.11. The number of fused-ring (bicyclic) bond motifs is 1. The average Bonchev–Trinajstić information content (AvgIpc) is 2.44. The molecule has 2 nitrogen and oxygen atoms in total. The van der Waals surface area contributed by atoms with Gasteiger partial charge in [-0.15, -0.1) is 11.6 Å². The maximum atomic E-state index is 5.80. The number of alkyl halides is 1. The van der Waals surface area contributed by atoms with Crippen LogP contribution < -0.4 is 0 Å². The van der Waals surface area contributed by atoms with Gasteiger partial charge in [-0.25, -0.2) is 4.98 Å². The number of nitrogens with zero attached hydrogens (tertiary/aromatic N) is 2. The Labute approximate surface area is 77.6 Å². The Morgan fingerprint density at radius 1 is 1.50 bits per heavy atom. The highest BCUT2D eigenvalue weighted by Crippen LogP contribution is 2.21. The van der Waals surface area contributed by atoms with Crippen LogP contribution in [-0.2, 0) is 18.8 Å². The third kappa shape index (κ3) is 1.14. The second kappa shape index (κ2) is 3.09. The Balaban J connectivity index is 2.47. The lowest BCUT2D eigenvalue weighted by Crippen LogP contribution is -2.11. The number of rotatable bonds is 1. The van der Waals surface area contributed by atoms with Crippen LogP contribution >= 0.6 is 11.6 Å². The number of imidazole rings is 1. The minimum Gasteiger partial charge on any atom is -0.332 e. The molecule has 12 heavy (non-hydrogen) atoms. The van der Waals surface area contributed by atoms with Crippen LogP contribution in [0.1, 0.15) is 30.1 Å². The van der Waals surface area contributed by atoms with Gasteiger partial charge in [0.25, 0.3) is 0 Å². The first-order chi connectivity index (χ1) is 5.83. The van der Waals surface area contributed by atoms with Gasteiger partial charge in [-0.05, 0) is 26.2 Å². The second-order valence-corrected chi connectivity index (χ2v) is 3.56. The van der Waals surface area contributed by atoms with E-state index >= 15 is 0 Å². The molecule has 0 saturated carbocycles. The summed E-state index contributed by atoms with van der Waals surface area (Å²) in [4.78, 5) is 4.44. The molecule has 2 heterocycles. The fraction of sp³-hybridized carbons (Fsp3) is 0.667. The van der Waals surface area contributed by atoms with Gasteiger partial charge in [-0.2, -0.15) is 0 Å². The Kier molecular flexibility index (Phi) is 2.09. The topological polar surface area (TPSA) is 17.8 Å². The fourth-order valence-electron chi connectivity index (χ4n) is 1.92. The summed E-state index contributed by atoms with van der Waals surface area (Å²) in [5.41, 5.74) is 2.46. The summed E-state index contributed by atoms with van der Waals surface area (Å²) in [6.45, 7) is 3.19. The van der Waals surface area contributed by atoms with Crippen molar-refractivity contribution in [2.75, 3.05) is 0 Å². The van der Waals surface area contributed by atoms with Crippen molar-refractivity contribution >= 4 is 11.6 Å². The molecule has 0 spiro atoms. The van der Waals surface area contributed by atoms with Crippen LogP contribution in [0.15, 0.2) is 0 Å². The molecule has 0 amide bonds. The maximum absolute atomic E-state index is 5.80. The van der Waals surface area contributed by atoms with Gasteiger partial charge < -0.3 is 4.57 Å². The molecular weight excluding hydrogens is 172 g/mol. The van der Waals surface area contributed by atoms with Crippen molar-refractivity contribution < 1.29 is 0 Å². The molecule has 66 valence electrons. The monoisotopic (exact) mass is 184 g/mol. The van der Waals surface area contributed by atoms with Gasteiger partial charge in [-0.3, -0.25) is 0 Å². The van der Waals surface area contributed by atoms with E-state index < -0.39 is 0 Å². The molecule has 0 radical (unpaired) electrons. The molecule has 1 aromatic heterocycles. The lowest BCUT2D eigenvalue weighted by Gasteiger charge is -2.15. The number of hydrogen-bond acceptors (Lipinski definition) is 1. The van der Waals surface area contributed by atoms with E-state index in [0.717, 1.165) is 24.5 Å². The molecule has 3 heteroatoms. The van der Waals surface area contributed by atoms with Gasteiger partial charge in [-0.1, -0.05) is 0 Å². The average molecular weight is 185 g/mol. The summed E-state index contributed by atoms with van der Waals surface area (Å²) in [5, 5.41) is 0. The predicted molar refractivity (Wildman–Crippen MR) is 49.5 cm³/mol. The van der Waals surface area contributed by atoms with E-state index in [2.05, 4.69) is 16.5 Å². The van der Waals surface area contributed by atoms with Crippen molar-refractivity contribution in [3.8, 4) is 0 Å². The third-order valence-corrected chi connectivity index (χ3v) is 2.77. The molecule has 2 rings (SSSR count).